The summed E-state index contributed by atoms with van der Waals surface area (Å²) >= 11 is 0. The maximum atomic E-state index is 12.2. The summed E-state index contributed by atoms with van der Waals surface area (Å²) in [6.07, 6.45) is 7.26. The molecular formula is C21H32O3. The zero-order chi connectivity index (χ0) is 17.3. The lowest BCUT2D eigenvalue weighted by atomic mass is 9.44. The van der Waals surface area contributed by atoms with Crippen LogP contribution in [-0.2, 0) is 9.59 Å². The molecule has 0 spiro atoms. The second-order valence-electron chi connectivity index (χ2n) is 9.82. The molecule has 3 nitrogen and oxygen atoms in total. The van der Waals surface area contributed by atoms with Crippen molar-refractivity contribution in [3.05, 3.63) is 0 Å². The van der Waals surface area contributed by atoms with Gasteiger partial charge < -0.3 is 5.11 Å². The van der Waals surface area contributed by atoms with E-state index >= 15 is 0 Å². The fraction of sp³-hybridized carbons (Fsp3) is 0.905. The van der Waals surface area contributed by atoms with Gasteiger partial charge in [-0.1, -0.05) is 13.8 Å². The highest BCUT2D eigenvalue weighted by Crippen LogP contribution is 2.67. The van der Waals surface area contributed by atoms with E-state index in [1.807, 2.05) is 0 Å². The minimum atomic E-state index is -0.283. The number of hydrogen-bond donors (Lipinski definition) is 1. The van der Waals surface area contributed by atoms with Crippen LogP contribution in [0.25, 0.3) is 0 Å². The maximum Gasteiger partial charge on any atom is 0.133 e. The molecule has 0 amide bonds. The minimum Gasteiger partial charge on any atom is -0.393 e. The molecule has 134 valence electrons. The number of rotatable bonds is 1. The molecule has 8 atom stereocenters. The molecule has 4 aliphatic rings. The van der Waals surface area contributed by atoms with Crippen molar-refractivity contribution in [3.63, 3.8) is 0 Å². The summed E-state index contributed by atoms with van der Waals surface area (Å²) in [5.41, 5.74) is 0.301. The van der Waals surface area contributed by atoms with Crippen LogP contribution in [0.2, 0.25) is 0 Å². The lowest BCUT2D eigenvalue weighted by Crippen LogP contribution is -2.58. The van der Waals surface area contributed by atoms with Gasteiger partial charge in [-0.05, 0) is 80.0 Å². The number of aliphatic hydroxyl groups excluding tert-OH is 1. The van der Waals surface area contributed by atoms with Gasteiger partial charge in [-0.15, -0.1) is 0 Å². The fourth-order valence-corrected chi connectivity index (χ4v) is 7.68. The number of Topliss-reactive ketones (excluding diaryl/α,β-unsaturated/α-hetero) is 2. The van der Waals surface area contributed by atoms with Crippen molar-refractivity contribution in [3.8, 4) is 0 Å². The van der Waals surface area contributed by atoms with E-state index in [9.17, 15) is 14.7 Å². The average Bonchev–Trinajstić information content (AvgIpc) is 2.86. The Bertz CT molecular complexity index is 569. The van der Waals surface area contributed by atoms with E-state index in [0.29, 0.717) is 41.7 Å². The van der Waals surface area contributed by atoms with Crippen LogP contribution in [-0.4, -0.2) is 22.8 Å². The van der Waals surface area contributed by atoms with Crippen molar-refractivity contribution < 1.29 is 14.7 Å². The first kappa shape index (κ1) is 16.8. The first-order valence-corrected chi connectivity index (χ1v) is 9.97. The molecular weight excluding hydrogens is 300 g/mol. The second-order valence-corrected chi connectivity index (χ2v) is 9.82. The molecule has 24 heavy (non-hydrogen) atoms. The number of aliphatic hydroxyl groups is 1. The van der Waals surface area contributed by atoms with Gasteiger partial charge in [0.15, 0.2) is 0 Å². The monoisotopic (exact) mass is 332 g/mol. The molecule has 4 fully saturated rings. The van der Waals surface area contributed by atoms with Crippen molar-refractivity contribution >= 4 is 11.6 Å². The van der Waals surface area contributed by atoms with Crippen molar-refractivity contribution in [1.82, 2.24) is 0 Å². The van der Waals surface area contributed by atoms with Crippen molar-refractivity contribution in [2.24, 2.45) is 40.4 Å². The zero-order valence-corrected chi connectivity index (χ0v) is 15.4. The topological polar surface area (TPSA) is 54.4 Å². The third-order valence-corrected chi connectivity index (χ3v) is 8.99. The fourth-order valence-electron chi connectivity index (χ4n) is 7.68. The quantitative estimate of drug-likeness (QED) is 0.795. The molecule has 4 saturated carbocycles. The van der Waals surface area contributed by atoms with Crippen LogP contribution in [0.1, 0.15) is 72.1 Å². The Hall–Kier alpha value is -0.700. The van der Waals surface area contributed by atoms with Crippen molar-refractivity contribution in [2.45, 2.75) is 78.2 Å². The number of fused-ring (bicyclic) bond motifs is 5. The molecule has 0 aromatic carbocycles. The van der Waals surface area contributed by atoms with Gasteiger partial charge in [0.1, 0.15) is 11.6 Å². The highest BCUT2D eigenvalue weighted by atomic mass is 16.3. The Morgan fingerprint density at radius 3 is 2.50 bits per heavy atom. The number of carbonyl (C=O) groups excluding carboxylic acids is 2. The molecule has 1 N–H and O–H groups in total. The Kier molecular flexibility index (Phi) is 3.77. The molecule has 0 aromatic rings. The van der Waals surface area contributed by atoms with E-state index in [0.717, 1.165) is 44.9 Å². The van der Waals surface area contributed by atoms with E-state index in [1.165, 1.54) is 0 Å². The Balaban J connectivity index is 1.67. The van der Waals surface area contributed by atoms with Gasteiger partial charge in [0, 0.05) is 18.8 Å². The van der Waals surface area contributed by atoms with Crippen LogP contribution < -0.4 is 0 Å². The van der Waals surface area contributed by atoms with Crippen LogP contribution in [0, 0.1) is 40.4 Å². The number of hydrogen-bond acceptors (Lipinski definition) is 3. The standard InChI is InChI=1S/C21H32O3/c1-12(22)15-4-5-16-19-17(7-9-21(15,16)3)20(2)8-6-14(23)10-13(20)11-18(19)24/h13,15-19,24H,4-11H2,1-3H3/t13?,15-,16+,17+,18?,19+,20+,21-/m1/s1. The van der Waals surface area contributed by atoms with Crippen LogP contribution in [0.15, 0.2) is 0 Å². The third kappa shape index (κ3) is 2.12. The lowest BCUT2D eigenvalue weighted by molar-refractivity contribution is -0.168. The van der Waals surface area contributed by atoms with Gasteiger partial charge in [-0.2, -0.15) is 0 Å². The third-order valence-electron chi connectivity index (χ3n) is 8.99. The summed E-state index contributed by atoms with van der Waals surface area (Å²) in [7, 11) is 0. The largest absolute Gasteiger partial charge is 0.393 e. The first-order valence-electron chi connectivity index (χ1n) is 9.97. The van der Waals surface area contributed by atoms with E-state index in [1.54, 1.807) is 6.92 Å². The van der Waals surface area contributed by atoms with Gasteiger partial charge in [0.2, 0.25) is 0 Å². The van der Waals surface area contributed by atoms with Crippen LogP contribution in [0.4, 0.5) is 0 Å². The van der Waals surface area contributed by atoms with Crippen LogP contribution in [0.5, 0.6) is 0 Å². The van der Waals surface area contributed by atoms with Gasteiger partial charge in [0.25, 0.3) is 0 Å². The van der Waals surface area contributed by atoms with E-state index in [2.05, 4.69) is 13.8 Å². The molecule has 3 heteroatoms. The first-order chi connectivity index (χ1) is 11.3. The van der Waals surface area contributed by atoms with Crippen molar-refractivity contribution in [2.75, 3.05) is 0 Å². The predicted molar refractivity (Wildman–Crippen MR) is 92.3 cm³/mol. The summed E-state index contributed by atoms with van der Waals surface area (Å²) in [5.74, 6) is 2.64. The molecule has 0 saturated heterocycles. The highest BCUT2D eigenvalue weighted by molar-refractivity contribution is 5.80. The molecule has 4 aliphatic carbocycles. The Labute approximate surface area is 145 Å². The molecule has 4 rings (SSSR count). The molecule has 0 aliphatic heterocycles. The van der Waals surface area contributed by atoms with Crippen LogP contribution in [0.3, 0.4) is 0 Å². The average molecular weight is 332 g/mol. The van der Waals surface area contributed by atoms with Gasteiger partial charge in [-0.3, -0.25) is 9.59 Å². The maximum absolute atomic E-state index is 12.2. The van der Waals surface area contributed by atoms with E-state index < -0.39 is 0 Å². The summed E-state index contributed by atoms with van der Waals surface area (Å²) in [4.78, 5) is 24.1. The summed E-state index contributed by atoms with van der Waals surface area (Å²) in [5, 5.41) is 11.0. The summed E-state index contributed by atoms with van der Waals surface area (Å²) in [6, 6.07) is 0. The lowest BCUT2D eigenvalue weighted by Gasteiger charge is -2.61. The van der Waals surface area contributed by atoms with E-state index in [4.69, 9.17) is 0 Å². The zero-order valence-electron chi connectivity index (χ0n) is 15.4. The van der Waals surface area contributed by atoms with Crippen LogP contribution >= 0.6 is 0 Å². The normalized spacial score (nSPS) is 53.9. The summed E-state index contributed by atoms with van der Waals surface area (Å²) < 4.78 is 0. The van der Waals surface area contributed by atoms with Gasteiger partial charge >= 0.3 is 0 Å². The number of carbonyl (C=O) groups is 2. The number of ketones is 2. The SMILES string of the molecule is CC(=O)[C@H]1CC[C@H]2[C@@H]3C(O)CC4CC(=O)CC[C@]4(C)[C@H]3CC[C@]12C. The molecule has 0 radical (unpaired) electrons. The second kappa shape index (κ2) is 5.40. The van der Waals surface area contributed by atoms with E-state index in [-0.39, 0.29) is 22.9 Å². The van der Waals surface area contributed by atoms with Gasteiger partial charge in [0.05, 0.1) is 6.10 Å². The Morgan fingerprint density at radius 2 is 1.79 bits per heavy atom. The molecule has 0 aromatic heterocycles. The van der Waals surface area contributed by atoms with Gasteiger partial charge in [-0.25, -0.2) is 0 Å². The molecule has 2 unspecified atom stereocenters. The Morgan fingerprint density at radius 1 is 1.08 bits per heavy atom. The molecule has 0 heterocycles. The summed E-state index contributed by atoms with van der Waals surface area (Å²) in [6.45, 7) is 6.47. The predicted octanol–water partition coefficient (Wildman–Crippen LogP) is 3.77. The van der Waals surface area contributed by atoms with Crippen molar-refractivity contribution in [1.29, 1.82) is 0 Å². The minimum absolute atomic E-state index is 0.0850. The smallest absolute Gasteiger partial charge is 0.133 e. The highest BCUT2D eigenvalue weighted by Gasteiger charge is 2.63. The molecule has 0 bridgehead atoms.